The maximum Gasteiger partial charge on any atom is 0.313 e. The number of rotatable bonds is 3. The van der Waals surface area contributed by atoms with Gasteiger partial charge in [-0.25, -0.2) is 0 Å². The second-order valence-electron chi connectivity index (χ2n) is 2.08. The zero-order chi connectivity index (χ0) is 8.31. The molecule has 0 bridgehead atoms. The molecule has 0 spiro atoms. The average Bonchev–Trinajstić information content (AvgIpc) is 1.84. The smallest absolute Gasteiger partial charge is 0.313 e. The normalized spacial score (nSPS) is 15.9. The molecule has 2 atom stereocenters. The van der Waals surface area contributed by atoms with Gasteiger partial charge >= 0.3 is 5.97 Å². The lowest BCUT2D eigenvalue weighted by atomic mass is 10.1. The first kappa shape index (κ1) is 9.87. The minimum atomic E-state index is -1.05. The standard InChI is InChI=1S/C6H9IO3/c1-3(6(9)10)5(8)4(2)7/h3-4H,1-2H3,(H,9,10). The molecule has 0 rings (SSSR count). The molecule has 0 saturated carbocycles. The highest BCUT2D eigenvalue weighted by Gasteiger charge is 2.23. The van der Waals surface area contributed by atoms with Gasteiger partial charge in [-0.3, -0.25) is 9.59 Å². The van der Waals surface area contributed by atoms with Crippen LogP contribution in [0.3, 0.4) is 0 Å². The molecule has 0 saturated heterocycles. The van der Waals surface area contributed by atoms with E-state index in [2.05, 4.69) is 0 Å². The van der Waals surface area contributed by atoms with Crippen LogP contribution in [0.2, 0.25) is 0 Å². The number of carboxylic acids is 1. The summed E-state index contributed by atoms with van der Waals surface area (Å²) in [7, 11) is 0. The van der Waals surface area contributed by atoms with Crippen molar-refractivity contribution in [3.63, 3.8) is 0 Å². The minimum Gasteiger partial charge on any atom is -0.481 e. The summed E-state index contributed by atoms with van der Waals surface area (Å²) in [5.41, 5.74) is 0. The van der Waals surface area contributed by atoms with Gasteiger partial charge in [-0.2, -0.15) is 0 Å². The topological polar surface area (TPSA) is 54.4 Å². The highest BCUT2D eigenvalue weighted by atomic mass is 127. The molecule has 0 aliphatic heterocycles. The van der Waals surface area contributed by atoms with Crippen molar-refractivity contribution in [1.82, 2.24) is 0 Å². The van der Waals surface area contributed by atoms with Crippen molar-refractivity contribution < 1.29 is 14.7 Å². The number of Topliss-reactive ketones (excluding diaryl/α,β-unsaturated/α-hetero) is 1. The van der Waals surface area contributed by atoms with E-state index in [1.54, 1.807) is 6.92 Å². The van der Waals surface area contributed by atoms with Crippen molar-refractivity contribution in [3.05, 3.63) is 0 Å². The van der Waals surface area contributed by atoms with E-state index >= 15 is 0 Å². The Morgan fingerprint density at radius 3 is 1.90 bits per heavy atom. The van der Waals surface area contributed by atoms with Gasteiger partial charge in [-0.15, -0.1) is 0 Å². The van der Waals surface area contributed by atoms with Crippen LogP contribution in [0.1, 0.15) is 13.8 Å². The monoisotopic (exact) mass is 256 g/mol. The Bertz CT molecular complexity index is 153. The van der Waals surface area contributed by atoms with Crippen LogP contribution in [-0.4, -0.2) is 20.8 Å². The summed E-state index contributed by atoms with van der Waals surface area (Å²) in [6.07, 6.45) is 0. The molecule has 0 aromatic carbocycles. The molecule has 0 heterocycles. The van der Waals surface area contributed by atoms with Crippen LogP contribution in [0.5, 0.6) is 0 Å². The van der Waals surface area contributed by atoms with E-state index in [4.69, 9.17) is 5.11 Å². The largest absolute Gasteiger partial charge is 0.481 e. The Labute approximate surface area is 72.9 Å². The lowest BCUT2D eigenvalue weighted by Crippen LogP contribution is -2.25. The van der Waals surface area contributed by atoms with E-state index in [-0.39, 0.29) is 9.71 Å². The number of carbonyl (C=O) groups excluding carboxylic acids is 1. The average molecular weight is 256 g/mol. The number of hydrogen-bond acceptors (Lipinski definition) is 2. The summed E-state index contributed by atoms with van der Waals surface area (Å²) in [6, 6.07) is 0. The molecule has 0 fully saturated rings. The number of halogens is 1. The Balaban J connectivity index is 4.08. The molecule has 0 aromatic rings. The molecule has 10 heavy (non-hydrogen) atoms. The lowest BCUT2D eigenvalue weighted by Gasteiger charge is -2.05. The van der Waals surface area contributed by atoms with Gasteiger partial charge in [-0.1, -0.05) is 22.6 Å². The maximum atomic E-state index is 10.9. The van der Waals surface area contributed by atoms with Crippen molar-refractivity contribution in [2.24, 2.45) is 5.92 Å². The molecule has 0 aliphatic carbocycles. The molecule has 3 nitrogen and oxygen atoms in total. The van der Waals surface area contributed by atoms with Gasteiger partial charge in [0.05, 0.1) is 3.92 Å². The van der Waals surface area contributed by atoms with Gasteiger partial charge in [0.15, 0.2) is 5.78 Å². The summed E-state index contributed by atoms with van der Waals surface area (Å²) in [6.45, 7) is 3.09. The molecule has 58 valence electrons. The molecule has 1 N–H and O–H groups in total. The first-order valence-corrected chi connectivity index (χ1v) is 4.12. The number of carbonyl (C=O) groups is 2. The van der Waals surface area contributed by atoms with Crippen LogP contribution >= 0.6 is 22.6 Å². The molecule has 2 unspecified atom stereocenters. The van der Waals surface area contributed by atoms with Crippen LogP contribution in [0.4, 0.5) is 0 Å². The second kappa shape index (κ2) is 3.90. The quantitative estimate of drug-likeness (QED) is 0.467. The van der Waals surface area contributed by atoms with E-state index in [0.29, 0.717) is 0 Å². The Kier molecular flexibility index (Phi) is 3.85. The third kappa shape index (κ3) is 2.64. The maximum absolute atomic E-state index is 10.9. The first-order valence-electron chi connectivity index (χ1n) is 2.87. The SMILES string of the molecule is CC(I)C(=O)C(C)C(=O)O. The van der Waals surface area contributed by atoms with E-state index in [1.807, 2.05) is 22.6 Å². The highest BCUT2D eigenvalue weighted by Crippen LogP contribution is 2.08. The Morgan fingerprint density at radius 2 is 1.80 bits per heavy atom. The molecule has 4 heteroatoms. The van der Waals surface area contributed by atoms with Crippen molar-refractivity contribution in [3.8, 4) is 0 Å². The van der Waals surface area contributed by atoms with Gasteiger partial charge in [0.1, 0.15) is 5.92 Å². The molecule has 0 radical (unpaired) electrons. The number of carboxylic acid groups (broad SMARTS) is 1. The highest BCUT2D eigenvalue weighted by molar-refractivity contribution is 14.1. The van der Waals surface area contributed by atoms with Crippen LogP contribution in [0, 0.1) is 5.92 Å². The fourth-order valence-electron chi connectivity index (χ4n) is 0.466. The predicted molar refractivity (Wildman–Crippen MR) is 45.3 cm³/mol. The third-order valence-corrected chi connectivity index (χ3v) is 1.80. The first-order chi connectivity index (χ1) is 4.46. The summed E-state index contributed by atoms with van der Waals surface area (Å²) >= 11 is 1.90. The lowest BCUT2D eigenvalue weighted by molar-refractivity contribution is -0.145. The molecule has 0 aromatic heterocycles. The van der Waals surface area contributed by atoms with Crippen LogP contribution in [0.25, 0.3) is 0 Å². The van der Waals surface area contributed by atoms with Crippen molar-refractivity contribution in [2.45, 2.75) is 17.8 Å². The fraction of sp³-hybridized carbons (Fsp3) is 0.667. The number of ketones is 1. The molecular formula is C6H9IO3. The van der Waals surface area contributed by atoms with Crippen molar-refractivity contribution in [2.75, 3.05) is 0 Å². The van der Waals surface area contributed by atoms with Crippen molar-refractivity contribution in [1.29, 1.82) is 0 Å². The van der Waals surface area contributed by atoms with Gasteiger partial charge in [0.2, 0.25) is 0 Å². The fourth-order valence-corrected chi connectivity index (χ4v) is 1.01. The Morgan fingerprint density at radius 1 is 1.40 bits per heavy atom. The van der Waals surface area contributed by atoms with Gasteiger partial charge < -0.3 is 5.11 Å². The van der Waals surface area contributed by atoms with Crippen LogP contribution in [0.15, 0.2) is 0 Å². The van der Waals surface area contributed by atoms with Crippen molar-refractivity contribution >= 4 is 34.3 Å². The predicted octanol–water partition coefficient (Wildman–Crippen LogP) is 1.10. The van der Waals surface area contributed by atoms with Gasteiger partial charge in [0.25, 0.3) is 0 Å². The van der Waals surface area contributed by atoms with Crippen LogP contribution in [-0.2, 0) is 9.59 Å². The summed E-state index contributed by atoms with van der Waals surface area (Å²) in [4.78, 5) is 21.1. The van der Waals surface area contributed by atoms with E-state index < -0.39 is 11.9 Å². The molecular weight excluding hydrogens is 247 g/mol. The number of aliphatic carboxylic acids is 1. The van der Waals surface area contributed by atoms with Crippen LogP contribution < -0.4 is 0 Å². The Hall–Kier alpha value is -0.130. The number of alkyl halides is 1. The van der Waals surface area contributed by atoms with E-state index in [0.717, 1.165) is 0 Å². The summed E-state index contributed by atoms with van der Waals surface area (Å²) in [5, 5.41) is 8.38. The van der Waals surface area contributed by atoms with E-state index in [1.165, 1.54) is 6.92 Å². The zero-order valence-corrected chi connectivity index (χ0v) is 7.95. The summed E-state index contributed by atoms with van der Waals surface area (Å²) in [5.74, 6) is -2.14. The third-order valence-electron chi connectivity index (χ3n) is 1.19. The second-order valence-corrected chi connectivity index (χ2v) is 3.95. The number of hydrogen-bond donors (Lipinski definition) is 1. The molecule has 0 amide bonds. The minimum absolute atomic E-state index is 0.219. The molecule has 0 aliphatic rings. The van der Waals surface area contributed by atoms with Gasteiger partial charge in [-0.05, 0) is 13.8 Å². The van der Waals surface area contributed by atoms with E-state index in [9.17, 15) is 9.59 Å². The van der Waals surface area contributed by atoms with Gasteiger partial charge in [0, 0.05) is 0 Å². The summed E-state index contributed by atoms with van der Waals surface area (Å²) < 4.78 is -0.219. The zero-order valence-electron chi connectivity index (χ0n) is 5.80.